The fraction of sp³-hybridized carbons (Fsp3) is 0.400. The van der Waals surface area contributed by atoms with E-state index in [4.69, 9.17) is 28.5 Å². The SMILES string of the molecule is [2H]C([2H])([2H])N1C[C@@](C)(C([2H])([2H])Oc2nc(N3CCOC[C@H]4[C@H](F)[C@H]43)c3cnc(-c4cc(N)cc5ccc(F)c(C#C)c45)c(F)c3n2)/C(=C/F)C[C@H]1C. The fourth-order valence-electron chi connectivity index (χ4n) is 6.63. The van der Waals surface area contributed by atoms with Crippen LogP contribution in [-0.2, 0) is 4.74 Å². The van der Waals surface area contributed by atoms with Gasteiger partial charge in [0, 0.05) is 57.4 Å². The van der Waals surface area contributed by atoms with Crippen molar-refractivity contribution in [1.82, 2.24) is 19.9 Å². The van der Waals surface area contributed by atoms with Crippen molar-refractivity contribution in [2.24, 2.45) is 11.3 Å². The summed E-state index contributed by atoms with van der Waals surface area (Å²) in [4.78, 5) is 15.8. The molecule has 4 aromatic rings. The van der Waals surface area contributed by atoms with Crippen molar-refractivity contribution >= 4 is 33.2 Å². The molecule has 0 amide bonds. The van der Waals surface area contributed by atoms with Gasteiger partial charge in [-0.2, -0.15) is 9.97 Å². The number of halogens is 4. The number of nitrogens with zero attached hydrogens (tertiary/aromatic N) is 5. The highest BCUT2D eigenvalue weighted by Crippen LogP contribution is 2.45. The number of anilines is 2. The Morgan fingerprint density at radius 2 is 2.15 bits per heavy atom. The van der Waals surface area contributed by atoms with E-state index >= 15 is 8.78 Å². The van der Waals surface area contributed by atoms with Crippen LogP contribution in [0.4, 0.5) is 29.1 Å². The summed E-state index contributed by atoms with van der Waals surface area (Å²) < 4.78 is 115. The minimum atomic E-state index is -2.87. The molecular formula is C35H34F4N6O2. The molecular weight excluding hydrogens is 612 g/mol. The van der Waals surface area contributed by atoms with Gasteiger partial charge in [-0.25, -0.2) is 17.6 Å². The highest BCUT2D eigenvalue weighted by Gasteiger charge is 2.56. The van der Waals surface area contributed by atoms with Crippen LogP contribution in [0.3, 0.4) is 0 Å². The van der Waals surface area contributed by atoms with Gasteiger partial charge in [0.05, 0.1) is 39.3 Å². The molecule has 5 atom stereocenters. The molecule has 4 heterocycles. The van der Waals surface area contributed by atoms with Crippen molar-refractivity contribution in [2.45, 2.75) is 38.5 Å². The topological polar surface area (TPSA) is 89.6 Å². The number of benzene rings is 2. The van der Waals surface area contributed by atoms with Gasteiger partial charge < -0.3 is 25.0 Å². The zero-order chi connectivity index (χ0) is 37.5. The van der Waals surface area contributed by atoms with Crippen molar-refractivity contribution in [3.05, 3.63) is 59.6 Å². The summed E-state index contributed by atoms with van der Waals surface area (Å²) in [5.41, 5.74) is 3.62. The zero-order valence-electron chi connectivity index (χ0n) is 30.5. The molecule has 7 rings (SSSR count). The third-order valence-electron chi connectivity index (χ3n) is 9.33. The average Bonchev–Trinajstić information content (AvgIpc) is 3.78. The van der Waals surface area contributed by atoms with Gasteiger partial charge in [-0.1, -0.05) is 18.9 Å². The summed E-state index contributed by atoms with van der Waals surface area (Å²) in [5.74, 6) is 0.0259. The Balaban J connectivity index is 1.42. The summed E-state index contributed by atoms with van der Waals surface area (Å²) in [5, 5.41) is 0.614. The molecule has 0 bridgehead atoms. The number of likely N-dealkylation sites (tertiary alicyclic amines) is 1. The lowest BCUT2D eigenvalue weighted by molar-refractivity contribution is 0.0826. The molecule has 3 aliphatic rings. The van der Waals surface area contributed by atoms with Crippen molar-refractivity contribution in [2.75, 3.05) is 50.5 Å². The van der Waals surface area contributed by atoms with Gasteiger partial charge in [-0.15, -0.1) is 6.42 Å². The minimum Gasteiger partial charge on any atom is -0.462 e. The lowest BCUT2D eigenvalue weighted by Gasteiger charge is -2.43. The van der Waals surface area contributed by atoms with E-state index in [1.165, 1.54) is 31.3 Å². The van der Waals surface area contributed by atoms with Crippen molar-refractivity contribution in [3.8, 4) is 29.6 Å². The maximum atomic E-state index is 17.0. The van der Waals surface area contributed by atoms with Crippen LogP contribution in [0.25, 0.3) is 32.9 Å². The fourth-order valence-corrected chi connectivity index (χ4v) is 6.63. The van der Waals surface area contributed by atoms with Gasteiger partial charge in [0.1, 0.15) is 35.6 Å². The summed E-state index contributed by atoms with van der Waals surface area (Å²) in [6.07, 6.45) is 5.77. The Kier molecular flexibility index (Phi) is 6.34. The molecule has 2 aliphatic heterocycles. The first-order valence-corrected chi connectivity index (χ1v) is 15.1. The standard InChI is InChI=1S/C35H34F4N6O2/c1-5-22-26(37)7-6-19-11-21(40)12-23(27(19)22)30-29(39)31-24(14-41-30)33(45-8-9-46-15-25-28(38)32(25)45)43-34(42-31)47-17-35(3)16-44(4)18(2)10-20(35)13-36/h1,6-7,11-14,18,25,28,32H,8-10,15-17,40H2,2-4H3/b20-13+/t18-,25+,28+,32+,35+/m1/s1/i4D3,17D2. The number of hydrogen-bond donors (Lipinski definition) is 1. The Morgan fingerprint density at radius 1 is 1.32 bits per heavy atom. The summed E-state index contributed by atoms with van der Waals surface area (Å²) in [6, 6.07) is 3.51. The number of piperidine rings is 1. The van der Waals surface area contributed by atoms with Gasteiger partial charge in [-0.3, -0.25) is 4.98 Å². The summed E-state index contributed by atoms with van der Waals surface area (Å²) in [7, 11) is 0. The van der Waals surface area contributed by atoms with Crippen molar-refractivity contribution in [1.29, 1.82) is 0 Å². The number of hydrogen-bond acceptors (Lipinski definition) is 8. The van der Waals surface area contributed by atoms with Crippen LogP contribution in [-0.4, -0.2) is 77.9 Å². The minimum absolute atomic E-state index is 0.0185. The number of rotatable bonds is 5. The predicted molar refractivity (Wildman–Crippen MR) is 172 cm³/mol. The van der Waals surface area contributed by atoms with E-state index in [1.807, 2.05) is 0 Å². The number of ether oxygens (including phenoxy) is 2. The molecule has 8 nitrogen and oxygen atoms in total. The van der Waals surface area contributed by atoms with Crippen LogP contribution < -0.4 is 15.4 Å². The molecule has 0 spiro atoms. The third-order valence-corrected chi connectivity index (χ3v) is 9.33. The van der Waals surface area contributed by atoms with E-state index in [0.717, 1.165) is 4.90 Å². The maximum absolute atomic E-state index is 17.0. The van der Waals surface area contributed by atoms with Gasteiger partial charge >= 0.3 is 6.01 Å². The monoisotopic (exact) mass is 651 g/mol. The van der Waals surface area contributed by atoms with Gasteiger partial charge in [0.2, 0.25) is 0 Å². The van der Waals surface area contributed by atoms with Crippen LogP contribution in [0.1, 0.15) is 32.7 Å². The number of fused-ring (bicyclic) bond motifs is 3. The number of nitrogen functional groups attached to an aromatic ring is 1. The van der Waals surface area contributed by atoms with Gasteiger partial charge in [0.25, 0.3) is 0 Å². The van der Waals surface area contributed by atoms with Crippen LogP contribution in [0.5, 0.6) is 6.01 Å². The quantitative estimate of drug-likeness (QED) is 0.164. The molecule has 2 N–H and O–H groups in total. The second kappa shape index (κ2) is 11.6. The third kappa shape index (κ3) is 5.22. The van der Waals surface area contributed by atoms with E-state index in [1.54, 1.807) is 17.9 Å². The molecule has 3 fully saturated rings. The summed E-state index contributed by atoms with van der Waals surface area (Å²) in [6.45, 7) is -2.59. The van der Waals surface area contributed by atoms with E-state index in [2.05, 4.69) is 20.9 Å². The Labute approximate surface area is 276 Å². The first-order valence-electron chi connectivity index (χ1n) is 17.6. The van der Waals surface area contributed by atoms with Gasteiger partial charge in [0.15, 0.2) is 5.82 Å². The second-order valence-electron chi connectivity index (χ2n) is 12.5. The average molecular weight is 652 g/mol. The largest absolute Gasteiger partial charge is 0.462 e. The van der Waals surface area contributed by atoms with Crippen LogP contribution in [0, 0.1) is 35.3 Å². The van der Waals surface area contributed by atoms with Gasteiger partial charge in [-0.05, 0) is 49.5 Å². The van der Waals surface area contributed by atoms with E-state index in [-0.39, 0.29) is 77.2 Å². The number of nitrogens with two attached hydrogens (primary N) is 1. The number of aromatic nitrogens is 3. The Morgan fingerprint density at radius 3 is 2.91 bits per heavy atom. The lowest BCUT2D eigenvalue weighted by atomic mass is 9.76. The highest BCUT2D eigenvalue weighted by atomic mass is 19.1. The van der Waals surface area contributed by atoms with Crippen LogP contribution >= 0.6 is 0 Å². The molecule has 1 aliphatic carbocycles. The van der Waals surface area contributed by atoms with Crippen LogP contribution in [0.2, 0.25) is 0 Å². The maximum Gasteiger partial charge on any atom is 0.319 e. The molecule has 244 valence electrons. The zero-order valence-corrected chi connectivity index (χ0v) is 25.5. The first-order chi connectivity index (χ1) is 24.5. The van der Waals surface area contributed by atoms with Crippen molar-refractivity contribution < 1.29 is 33.9 Å². The predicted octanol–water partition coefficient (Wildman–Crippen LogP) is 5.82. The molecule has 12 heteroatoms. The lowest BCUT2D eigenvalue weighted by Crippen LogP contribution is -2.48. The van der Waals surface area contributed by atoms with Crippen molar-refractivity contribution in [3.63, 3.8) is 0 Å². The molecule has 2 aromatic heterocycles. The van der Waals surface area contributed by atoms with E-state index in [0.29, 0.717) is 5.39 Å². The number of terminal acetylenes is 1. The molecule has 47 heavy (non-hydrogen) atoms. The van der Waals surface area contributed by atoms with E-state index < -0.39 is 72.8 Å². The Bertz CT molecular complexity index is 2180. The smallest absolute Gasteiger partial charge is 0.319 e. The molecule has 0 radical (unpaired) electrons. The van der Waals surface area contributed by atoms with Crippen LogP contribution in [0.15, 0.2) is 42.4 Å². The molecule has 1 saturated carbocycles. The number of alkyl halides is 1. The summed E-state index contributed by atoms with van der Waals surface area (Å²) >= 11 is 0. The molecule has 2 aromatic carbocycles. The first kappa shape index (κ1) is 25.6. The molecule has 2 saturated heterocycles. The van der Waals surface area contributed by atoms with E-state index in [9.17, 15) is 8.78 Å². The second-order valence-corrected chi connectivity index (χ2v) is 12.5. The normalized spacial score (nSPS) is 29.3. The Hall–Kier alpha value is -4.47. The highest BCUT2D eigenvalue weighted by molar-refractivity contribution is 6.03. The molecule has 0 unspecified atom stereocenters. The number of pyridine rings is 1.